The summed E-state index contributed by atoms with van der Waals surface area (Å²) in [7, 11) is 0. The molecule has 0 radical (unpaired) electrons. The summed E-state index contributed by atoms with van der Waals surface area (Å²) in [4.78, 5) is 10.9. The van der Waals surface area contributed by atoms with Gasteiger partial charge in [0.1, 0.15) is 0 Å². The molecule has 1 aromatic carbocycles. The van der Waals surface area contributed by atoms with Gasteiger partial charge in [-0.15, -0.1) is 0 Å². The van der Waals surface area contributed by atoms with Crippen molar-refractivity contribution in [3.05, 3.63) is 47.8 Å². The summed E-state index contributed by atoms with van der Waals surface area (Å²) in [5.74, 6) is 0.737. The maximum Gasteiger partial charge on any atom is 0.290 e. The van der Waals surface area contributed by atoms with Crippen LogP contribution in [-0.4, -0.2) is 41.0 Å². The number of nitrogens with one attached hydrogen (secondary N) is 1. The molecule has 0 amide bonds. The van der Waals surface area contributed by atoms with Crippen molar-refractivity contribution < 1.29 is 9.90 Å². The van der Waals surface area contributed by atoms with Crippen molar-refractivity contribution in [1.29, 1.82) is 0 Å². The number of hydrogen-bond donors (Lipinski definition) is 2. The van der Waals surface area contributed by atoms with Crippen LogP contribution in [0.25, 0.3) is 0 Å². The number of carboxylic acid groups (broad SMARTS) is 1. The van der Waals surface area contributed by atoms with Crippen LogP contribution in [-0.2, 0) is 17.9 Å². The first-order valence-electron chi connectivity index (χ1n) is 8.78. The van der Waals surface area contributed by atoms with E-state index in [0.717, 1.165) is 32.1 Å². The number of carbonyl (C=O) groups is 1. The van der Waals surface area contributed by atoms with Crippen LogP contribution < -0.4 is 10.2 Å². The first kappa shape index (κ1) is 19.0. The molecule has 2 N–H and O–H groups in total. The van der Waals surface area contributed by atoms with Gasteiger partial charge in [0.05, 0.1) is 6.20 Å². The molecular formula is C19H28N4O2. The Kier molecular flexibility index (Phi) is 7.47. The van der Waals surface area contributed by atoms with Crippen LogP contribution in [0.15, 0.2) is 36.7 Å². The number of nitrogens with zero attached hydrogens (tertiary/aromatic N) is 3. The highest BCUT2D eigenvalue weighted by Crippen LogP contribution is 2.26. The molecule has 1 atom stereocenters. The van der Waals surface area contributed by atoms with Crippen molar-refractivity contribution in [1.82, 2.24) is 15.1 Å². The quantitative estimate of drug-likeness (QED) is 0.788. The van der Waals surface area contributed by atoms with Crippen LogP contribution in [0.5, 0.6) is 0 Å². The van der Waals surface area contributed by atoms with Crippen molar-refractivity contribution in [2.45, 2.75) is 33.4 Å². The average molecular weight is 344 g/mol. The summed E-state index contributed by atoms with van der Waals surface area (Å²) >= 11 is 0. The summed E-state index contributed by atoms with van der Waals surface area (Å²) in [5, 5.41) is 14.8. The first-order chi connectivity index (χ1) is 12.2. The Morgan fingerprint density at radius 3 is 2.84 bits per heavy atom. The first-order valence-corrected chi connectivity index (χ1v) is 8.78. The molecule has 0 bridgehead atoms. The van der Waals surface area contributed by atoms with E-state index in [1.807, 2.05) is 10.9 Å². The van der Waals surface area contributed by atoms with Gasteiger partial charge in [-0.2, -0.15) is 5.10 Å². The minimum Gasteiger partial charge on any atom is -0.483 e. The zero-order chi connectivity index (χ0) is 18.1. The number of aryl methyl sites for hydroxylation is 2. The van der Waals surface area contributed by atoms with Crippen LogP contribution in [0.4, 0.5) is 5.69 Å². The summed E-state index contributed by atoms with van der Waals surface area (Å²) in [5.41, 5.74) is 4.05. The van der Waals surface area contributed by atoms with Crippen molar-refractivity contribution in [2.24, 2.45) is 5.92 Å². The largest absolute Gasteiger partial charge is 0.483 e. The van der Waals surface area contributed by atoms with Gasteiger partial charge < -0.3 is 15.3 Å². The summed E-state index contributed by atoms with van der Waals surface area (Å²) in [6, 6.07) is 8.69. The molecule has 6 heteroatoms. The van der Waals surface area contributed by atoms with Crippen LogP contribution in [0, 0.1) is 12.8 Å². The molecule has 1 fully saturated rings. The molecule has 1 saturated heterocycles. The van der Waals surface area contributed by atoms with E-state index >= 15 is 0 Å². The van der Waals surface area contributed by atoms with Gasteiger partial charge in [0.2, 0.25) is 0 Å². The van der Waals surface area contributed by atoms with Crippen LogP contribution in [0.1, 0.15) is 24.5 Å². The topological polar surface area (TPSA) is 70.4 Å². The lowest BCUT2D eigenvalue weighted by Crippen LogP contribution is -2.26. The third-order valence-corrected chi connectivity index (χ3v) is 4.51. The van der Waals surface area contributed by atoms with Gasteiger partial charge >= 0.3 is 0 Å². The molecule has 25 heavy (non-hydrogen) atoms. The summed E-state index contributed by atoms with van der Waals surface area (Å²) in [6.07, 6.45) is 5.36. The lowest BCUT2D eigenvalue weighted by molar-refractivity contribution is -0.122. The average Bonchev–Trinajstić information content (AvgIpc) is 3.25. The third-order valence-electron chi connectivity index (χ3n) is 4.51. The third kappa shape index (κ3) is 5.60. The molecule has 0 saturated carbocycles. The number of hydrogen-bond acceptors (Lipinski definition) is 4. The minimum absolute atomic E-state index is 0.250. The Balaban J connectivity index is 0.000000701. The van der Waals surface area contributed by atoms with Gasteiger partial charge in [0.25, 0.3) is 6.47 Å². The molecule has 0 spiro atoms. The number of anilines is 1. The van der Waals surface area contributed by atoms with E-state index in [0.29, 0.717) is 0 Å². The van der Waals surface area contributed by atoms with E-state index in [1.165, 1.54) is 29.8 Å². The fourth-order valence-electron chi connectivity index (χ4n) is 3.23. The lowest BCUT2D eigenvalue weighted by Gasteiger charge is -2.21. The highest BCUT2D eigenvalue weighted by atomic mass is 16.3. The Morgan fingerprint density at radius 2 is 2.16 bits per heavy atom. The number of aromatic nitrogens is 2. The zero-order valence-electron chi connectivity index (χ0n) is 15.1. The highest BCUT2D eigenvalue weighted by molar-refractivity contribution is 5.53. The van der Waals surface area contributed by atoms with E-state index in [9.17, 15) is 0 Å². The van der Waals surface area contributed by atoms with Crippen molar-refractivity contribution >= 4 is 12.2 Å². The summed E-state index contributed by atoms with van der Waals surface area (Å²) < 4.78 is 1.98. The number of benzene rings is 1. The van der Waals surface area contributed by atoms with E-state index < -0.39 is 0 Å². The molecule has 6 nitrogen and oxygen atoms in total. The minimum atomic E-state index is -0.250. The van der Waals surface area contributed by atoms with Gasteiger partial charge in [-0.25, -0.2) is 0 Å². The Bertz CT molecular complexity index is 656. The van der Waals surface area contributed by atoms with E-state index in [1.54, 1.807) is 0 Å². The van der Waals surface area contributed by atoms with Crippen LogP contribution in [0.2, 0.25) is 0 Å². The number of rotatable bonds is 6. The van der Waals surface area contributed by atoms with Gasteiger partial charge in [-0.1, -0.05) is 18.2 Å². The van der Waals surface area contributed by atoms with Gasteiger partial charge in [-0.3, -0.25) is 9.48 Å². The SMILES string of the molecule is CCn1cc(CNCC2CCN(c3ccccc3C)C2)cn1.O=CO. The molecule has 0 aliphatic carbocycles. The second-order valence-corrected chi connectivity index (χ2v) is 6.33. The van der Waals surface area contributed by atoms with Crippen molar-refractivity contribution in [3.63, 3.8) is 0 Å². The van der Waals surface area contributed by atoms with Crippen LogP contribution in [0.3, 0.4) is 0 Å². The normalized spacial score (nSPS) is 16.4. The van der Waals surface area contributed by atoms with Crippen molar-refractivity contribution in [3.8, 4) is 0 Å². The Labute approximate surface area is 149 Å². The van der Waals surface area contributed by atoms with E-state index in [4.69, 9.17) is 9.90 Å². The number of para-hydroxylation sites is 1. The van der Waals surface area contributed by atoms with Crippen molar-refractivity contribution in [2.75, 3.05) is 24.5 Å². The van der Waals surface area contributed by atoms with E-state index in [2.05, 4.69) is 59.6 Å². The molecular weight excluding hydrogens is 316 g/mol. The van der Waals surface area contributed by atoms with Gasteiger partial charge in [-0.05, 0) is 37.8 Å². The maximum atomic E-state index is 8.36. The van der Waals surface area contributed by atoms with Gasteiger partial charge in [0.15, 0.2) is 0 Å². The molecule has 3 rings (SSSR count). The molecule has 1 unspecified atom stereocenters. The zero-order valence-corrected chi connectivity index (χ0v) is 15.1. The summed E-state index contributed by atoms with van der Waals surface area (Å²) in [6.45, 7) is 9.33. The van der Waals surface area contributed by atoms with Crippen LogP contribution >= 0.6 is 0 Å². The maximum absolute atomic E-state index is 8.36. The predicted molar refractivity (Wildman–Crippen MR) is 99.8 cm³/mol. The standard InChI is InChI=1S/C18H26N4.CH2O2/c1-3-22-14-17(12-20-22)11-19-10-16-8-9-21(13-16)18-7-5-4-6-15(18)2;2-1-3/h4-7,12,14,16,19H,3,8-11,13H2,1-2H3;1H,(H,2,3). The molecule has 1 aliphatic heterocycles. The molecule has 136 valence electrons. The highest BCUT2D eigenvalue weighted by Gasteiger charge is 2.23. The smallest absolute Gasteiger partial charge is 0.290 e. The Hall–Kier alpha value is -2.34. The van der Waals surface area contributed by atoms with Gasteiger partial charge in [0, 0.05) is 50.2 Å². The molecule has 2 aromatic rings. The monoisotopic (exact) mass is 344 g/mol. The molecule has 1 aliphatic rings. The fourth-order valence-corrected chi connectivity index (χ4v) is 3.23. The molecule has 1 aromatic heterocycles. The Morgan fingerprint density at radius 1 is 1.40 bits per heavy atom. The second-order valence-electron chi connectivity index (χ2n) is 6.33. The lowest BCUT2D eigenvalue weighted by atomic mass is 10.1. The van der Waals surface area contributed by atoms with E-state index in [-0.39, 0.29) is 6.47 Å². The molecule has 2 heterocycles. The second kappa shape index (κ2) is 9.84. The predicted octanol–water partition coefficient (Wildman–Crippen LogP) is 2.53. The fraction of sp³-hybridized carbons (Fsp3) is 0.474.